The van der Waals surface area contributed by atoms with Crippen molar-refractivity contribution in [1.82, 2.24) is 0 Å². The van der Waals surface area contributed by atoms with Crippen LogP contribution in [0, 0.1) is 6.92 Å². The fourth-order valence-corrected chi connectivity index (χ4v) is 2.76. The fourth-order valence-electron chi connectivity index (χ4n) is 2.76. The van der Waals surface area contributed by atoms with E-state index in [-0.39, 0.29) is 12.2 Å². The van der Waals surface area contributed by atoms with Gasteiger partial charge < -0.3 is 19.5 Å². The predicted octanol–water partition coefficient (Wildman–Crippen LogP) is 4.38. The van der Waals surface area contributed by atoms with Crippen LogP contribution in [0.15, 0.2) is 72.8 Å². The van der Waals surface area contributed by atoms with E-state index in [1.807, 2.05) is 55.5 Å². The number of anilines is 1. The minimum Gasteiger partial charge on any atom is -0.493 e. The Labute approximate surface area is 175 Å². The summed E-state index contributed by atoms with van der Waals surface area (Å²) < 4.78 is 16.2. The molecule has 154 valence electrons. The Kier molecular flexibility index (Phi) is 7.05. The van der Waals surface area contributed by atoms with E-state index >= 15 is 0 Å². The van der Waals surface area contributed by atoms with Crippen LogP contribution in [0.1, 0.15) is 21.5 Å². The number of hydrogen-bond acceptors (Lipinski definition) is 5. The summed E-state index contributed by atoms with van der Waals surface area (Å²) in [6, 6.07) is 21.8. The highest BCUT2D eigenvalue weighted by molar-refractivity contribution is 5.96. The topological polar surface area (TPSA) is 73.9 Å². The summed E-state index contributed by atoms with van der Waals surface area (Å²) in [4.78, 5) is 24.4. The van der Waals surface area contributed by atoms with Crippen LogP contribution in [-0.2, 0) is 16.1 Å². The van der Waals surface area contributed by atoms with Crippen LogP contribution in [0.2, 0.25) is 0 Å². The van der Waals surface area contributed by atoms with Gasteiger partial charge in [0.25, 0.3) is 5.91 Å². The van der Waals surface area contributed by atoms with Crippen molar-refractivity contribution in [2.24, 2.45) is 0 Å². The third kappa shape index (κ3) is 5.61. The van der Waals surface area contributed by atoms with Gasteiger partial charge in [0.2, 0.25) is 0 Å². The number of para-hydroxylation sites is 1. The van der Waals surface area contributed by atoms with Gasteiger partial charge in [-0.1, -0.05) is 48.5 Å². The molecule has 0 heterocycles. The zero-order chi connectivity index (χ0) is 21.3. The molecule has 0 atom stereocenters. The molecule has 0 aromatic heterocycles. The number of amides is 1. The van der Waals surface area contributed by atoms with Crippen LogP contribution >= 0.6 is 0 Å². The third-order valence-corrected chi connectivity index (χ3v) is 4.39. The monoisotopic (exact) mass is 405 g/mol. The molecule has 30 heavy (non-hydrogen) atoms. The molecule has 6 nitrogen and oxygen atoms in total. The molecule has 3 aromatic carbocycles. The molecule has 0 aliphatic carbocycles. The van der Waals surface area contributed by atoms with Crippen LogP contribution in [0.5, 0.6) is 11.5 Å². The third-order valence-electron chi connectivity index (χ3n) is 4.39. The molecule has 0 aliphatic heterocycles. The minimum atomic E-state index is -0.622. The normalized spacial score (nSPS) is 10.2. The maximum absolute atomic E-state index is 12.3. The molecule has 0 fully saturated rings. The number of methoxy groups -OCH3 is 1. The maximum atomic E-state index is 12.3. The molecule has 0 bridgehead atoms. The van der Waals surface area contributed by atoms with Gasteiger partial charge in [0.05, 0.1) is 12.7 Å². The Morgan fingerprint density at radius 2 is 1.63 bits per heavy atom. The van der Waals surface area contributed by atoms with Gasteiger partial charge in [-0.25, -0.2) is 4.79 Å². The first-order chi connectivity index (χ1) is 14.6. The standard InChI is InChI=1S/C24H23NO5/c1-17-8-6-7-11-20(17)25-23(26)16-30-24(27)19-12-13-21(22(14-19)28-2)29-15-18-9-4-3-5-10-18/h3-14H,15-16H2,1-2H3,(H,25,26). The van der Waals surface area contributed by atoms with Crippen molar-refractivity contribution in [2.75, 3.05) is 19.0 Å². The highest BCUT2D eigenvalue weighted by Gasteiger charge is 2.14. The van der Waals surface area contributed by atoms with Crippen molar-refractivity contribution in [3.63, 3.8) is 0 Å². The van der Waals surface area contributed by atoms with Crippen LogP contribution in [0.25, 0.3) is 0 Å². The molecule has 6 heteroatoms. The van der Waals surface area contributed by atoms with E-state index in [0.717, 1.165) is 11.1 Å². The summed E-state index contributed by atoms with van der Waals surface area (Å²) in [5.74, 6) is -0.116. The molecular weight excluding hydrogens is 382 g/mol. The fraction of sp³-hybridized carbons (Fsp3) is 0.167. The van der Waals surface area contributed by atoms with Gasteiger partial charge in [-0.3, -0.25) is 4.79 Å². The molecule has 0 spiro atoms. The van der Waals surface area contributed by atoms with Crippen LogP contribution in [-0.4, -0.2) is 25.6 Å². The molecule has 1 amide bonds. The summed E-state index contributed by atoms with van der Waals surface area (Å²) in [7, 11) is 1.50. The average Bonchev–Trinajstić information content (AvgIpc) is 2.78. The van der Waals surface area contributed by atoms with Crippen molar-refractivity contribution < 1.29 is 23.8 Å². The van der Waals surface area contributed by atoms with E-state index in [2.05, 4.69) is 5.32 Å². The van der Waals surface area contributed by atoms with Crippen LogP contribution in [0.4, 0.5) is 5.69 Å². The van der Waals surface area contributed by atoms with Crippen molar-refractivity contribution in [3.05, 3.63) is 89.5 Å². The van der Waals surface area contributed by atoms with Crippen molar-refractivity contribution >= 4 is 17.6 Å². The smallest absolute Gasteiger partial charge is 0.338 e. The van der Waals surface area contributed by atoms with E-state index in [9.17, 15) is 9.59 Å². The number of ether oxygens (including phenoxy) is 3. The summed E-state index contributed by atoms with van der Waals surface area (Å²) in [5.41, 5.74) is 2.89. The highest BCUT2D eigenvalue weighted by atomic mass is 16.5. The lowest BCUT2D eigenvalue weighted by molar-refractivity contribution is -0.119. The zero-order valence-corrected chi connectivity index (χ0v) is 16.9. The Hall–Kier alpha value is -3.80. The highest BCUT2D eigenvalue weighted by Crippen LogP contribution is 2.29. The number of benzene rings is 3. The first kappa shape index (κ1) is 20.9. The van der Waals surface area contributed by atoms with Gasteiger partial charge in [0.1, 0.15) is 6.61 Å². The van der Waals surface area contributed by atoms with E-state index < -0.39 is 11.9 Å². The SMILES string of the molecule is COc1cc(C(=O)OCC(=O)Nc2ccccc2C)ccc1OCc1ccccc1. The van der Waals surface area contributed by atoms with Crippen LogP contribution in [0.3, 0.4) is 0 Å². The molecule has 0 saturated carbocycles. The second-order valence-electron chi connectivity index (χ2n) is 6.58. The summed E-state index contributed by atoms with van der Waals surface area (Å²) in [6.45, 7) is 1.87. The van der Waals surface area contributed by atoms with Gasteiger partial charge in [-0.2, -0.15) is 0 Å². The number of nitrogens with one attached hydrogen (secondary N) is 1. The molecular formula is C24H23NO5. The number of aryl methyl sites for hydroxylation is 1. The van der Waals surface area contributed by atoms with Crippen molar-refractivity contribution in [3.8, 4) is 11.5 Å². The maximum Gasteiger partial charge on any atom is 0.338 e. The van der Waals surface area contributed by atoms with Gasteiger partial charge in [0, 0.05) is 5.69 Å². The summed E-state index contributed by atoms with van der Waals surface area (Å²) in [5, 5.41) is 2.72. The summed E-state index contributed by atoms with van der Waals surface area (Å²) >= 11 is 0. The Morgan fingerprint density at radius 1 is 0.900 bits per heavy atom. The molecule has 1 N–H and O–H groups in total. The molecule has 0 radical (unpaired) electrons. The molecule has 3 aromatic rings. The number of carbonyl (C=O) groups is 2. The van der Waals surface area contributed by atoms with Crippen molar-refractivity contribution in [2.45, 2.75) is 13.5 Å². The first-order valence-electron chi connectivity index (χ1n) is 9.44. The predicted molar refractivity (Wildman–Crippen MR) is 114 cm³/mol. The van der Waals surface area contributed by atoms with Gasteiger partial charge in [0.15, 0.2) is 18.1 Å². The lowest BCUT2D eigenvalue weighted by atomic mass is 10.2. The van der Waals surface area contributed by atoms with Crippen LogP contribution < -0.4 is 14.8 Å². The van der Waals surface area contributed by atoms with E-state index in [4.69, 9.17) is 14.2 Å². The Balaban J connectivity index is 1.57. The molecule has 3 rings (SSSR count). The molecule has 0 unspecified atom stereocenters. The molecule has 0 aliphatic rings. The quantitative estimate of drug-likeness (QED) is 0.563. The van der Waals surface area contributed by atoms with Gasteiger partial charge in [-0.05, 0) is 42.3 Å². The van der Waals surface area contributed by atoms with E-state index in [1.54, 1.807) is 18.2 Å². The molecule has 0 saturated heterocycles. The second-order valence-corrected chi connectivity index (χ2v) is 6.58. The Morgan fingerprint density at radius 3 is 2.37 bits per heavy atom. The van der Waals surface area contributed by atoms with Gasteiger partial charge >= 0.3 is 5.97 Å². The largest absolute Gasteiger partial charge is 0.493 e. The second kappa shape index (κ2) is 10.1. The van der Waals surface area contributed by atoms with E-state index in [0.29, 0.717) is 23.8 Å². The lowest BCUT2D eigenvalue weighted by Crippen LogP contribution is -2.21. The lowest BCUT2D eigenvalue weighted by Gasteiger charge is -2.12. The number of carbonyl (C=O) groups excluding carboxylic acids is 2. The van der Waals surface area contributed by atoms with E-state index in [1.165, 1.54) is 13.2 Å². The number of esters is 1. The number of rotatable bonds is 8. The summed E-state index contributed by atoms with van der Waals surface area (Å²) in [6.07, 6.45) is 0. The van der Waals surface area contributed by atoms with Crippen molar-refractivity contribution in [1.29, 1.82) is 0 Å². The zero-order valence-electron chi connectivity index (χ0n) is 16.9. The Bertz CT molecular complexity index is 1020. The average molecular weight is 405 g/mol. The van der Waals surface area contributed by atoms with Gasteiger partial charge in [-0.15, -0.1) is 0 Å². The minimum absolute atomic E-state index is 0.266. The first-order valence-corrected chi connectivity index (χ1v) is 9.44. The number of hydrogen-bond donors (Lipinski definition) is 1.